The number of ether oxygens (including phenoxy) is 1. The first kappa shape index (κ1) is 15.3. The van der Waals surface area contributed by atoms with Crippen molar-refractivity contribution >= 4 is 0 Å². The molecule has 1 aliphatic carbocycles. The summed E-state index contributed by atoms with van der Waals surface area (Å²) in [5.41, 5.74) is 8.24. The zero-order chi connectivity index (χ0) is 14.4. The molecular weight excluding hydrogens is 246 g/mol. The monoisotopic (exact) mass is 273 g/mol. The highest BCUT2D eigenvalue weighted by Crippen LogP contribution is 2.25. The van der Waals surface area contributed by atoms with E-state index < -0.39 is 0 Å². The predicted molar refractivity (Wildman–Crippen MR) is 84.6 cm³/mol. The first-order valence-corrected chi connectivity index (χ1v) is 7.72. The van der Waals surface area contributed by atoms with Crippen LogP contribution in [0.3, 0.4) is 0 Å². The molecule has 0 amide bonds. The smallest absolute Gasteiger partial charge is 0.0717 e. The van der Waals surface area contributed by atoms with Crippen LogP contribution in [0.15, 0.2) is 36.4 Å². The highest BCUT2D eigenvalue weighted by Gasteiger charge is 2.18. The van der Waals surface area contributed by atoms with Gasteiger partial charge in [-0.1, -0.05) is 50.3 Å². The highest BCUT2D eigenvalue weighted by molar-refractivity contribution is 5.24. The quantitative estimate of drug-likeness (QED) is 0.799. The zero-order valence-electron chi connectivity index (χ0n) is 12.7. The summed E-state index contributed by atoms with van der Waals surface area (Å²) in [7, 11) is 0. The van der Waals surface area contributed by atoms with E-state index in [9.17, 15) is 0 Å². The van der Waals surface area contributed by atoms with Crippen LogP contribution >= 0.6 is 0 Å². The molecule has 2 nitrogen and oxygen atoms in total. The van der Waals surface area contributed by atoms with E-state index in [1.54, 1.807) is 0 Å². The summed E-state index contributed by atoms with van der Waals surface area (Å²) in [5, 5.41) is 0. The zero-order valence-corrected chi connectivity index (χ0v) is 12.7. The fourth-order valence-corrected chi connectivity index (χ4v) is 2.65. The fraction of sp³-hybridized carbons (Fsp3) is 0.556. The van der Waals surface area contributed by atoms with Crippen molar-refractivity contribution in [1.82, 2.24) is 0 Å². The second kappa shape index (κ2) is 7.61. The third-order valence-corrected chi connectivity index (χ3v) is 4.42. The van der Waals surface area contributed by atoms with Crippen LogP contribution in [0.1, 0.15) is 43.7 Å². The van der Waals surface area contributed by atoms with Crippen molar-refractivity contribution in [3.8, 4) is 0 Å². The first-order valence-electron chi connectivity index (χ1n) is 7.72. The van der Waals surface area contributed by atoms with Crippen molar-refractivity contribution in [2.45, 2.75) is 39.2 Å². The van der Waals surface area contributed by atoms with E-state index in [4.69, 9.17) is 10.5 Å². The normalized spacial score (nSPS) is 23.8. The van der Waals surface area contributed by atoms with Gasteiger partial charge in [0, 0.05) is 0 Å². The number of benzene rings is 1. The van der Waals surface area contributed by atoms with E-state index in [0.29, 0.717) is 25.0 Å². The Labute approximate surface area is 123 Å². The van der Waals surface area contributed by atoms with Crippen LogP contribution in [0.25, 0.3) is 0 Å². The van der Waals surface area contributed by atoms with Gasteiger partial charge in [0.25, 0.3) is 0 Å². The average Bonchev–Trinajstić information content (AvgIpc) is 2.49. The Morgan fingerprint density at radius 2 is 1.90 bits per heavy atom. The van der Waals surface area contributed by atoms with Gasteiger partial charge in [-0.15, -0.1) is 0 Å². The average molecular weight is 273 g/mol. The van der Waals surface area contributed by atoms with Crippen LogP contribution < -0.4 is 5.73 Å². The summed E-state index contributed by atoms with van der Waals surface area (Å²) in [4.78, 5) is 0. The summed E-state index contributed by atoms with van der Waals surface area (Å²) >= 11 is 0. The van der Waals surface area contributed by atoms with Gasteiger partial charge in [-0.05, 0) is 48.3 Å². The van der Waals surface area contributed by atoms with Crippen molar-refractivity contribution < 1.29 is 4.74 Å². The summed E-state index contributed by atoms with van der Waals surface area (Å²) < 4.78 is 5.90. The first-order chi connectivity index (χ1) is 9.70. The summed E-state index contributed by atoms with van der Waals surface area (Å²) in [6.45, 7) is 6.75. The van der Waals surface area contributed by atoms with Gasteiger partial charge < -0.3 is 10.5 Å². The molecule has 3 unspecified atom stereocenters. The van der Waals surface area contributed by atoms with Crippen LogP contribution in [-0.4, -0.2) is 13.2 Å². The SMILES string of the molecule is CC(CN)c1ccc(COCC2CC=CCC2C)cc1. The van der Waals surface area contributed by atoms with E-state index in [0.717, 1.165) is 18.9 Å². The number of nitrogens with two attached hydrogens (primary N) is 1. The van der Waals surface area contributed by atoms with Crippen LogP contribution in [-0.2, 0) is 11.3 Å². The molecule has 1 aromatic carbocycles. The number of hydrogen-bond acceptors (Lipinski definition) is 2. The standard InChI is InChI=1S/C18H27NO/c1-14-5-3-4-6-18(14)13-20-12-16-7-9-17(10-8-16)15(2)11-19/h3-4,7-10,14-15,18H,5-6,11-13,19H2,1-2H3. The molecule has 0 aliphatic heterocycles. The van der Waals surface area contributed by atoms with Crippen molar-refractivity contribution in [2.75, 3.05) is 13.2 Å². The summed E-state index contributed by atoms with van der Waals surface area (Å²) in [6.07, 6.45) is 6.93. The molecule has 0 radical (unpaired) electrons. The third kappa shape index (κ3) is 4.19. The predicted octanol–water partition coefficient (Wildman–Crippen LogP) is 3.87. The Morgan fingerprint density at radius 1 is 1.20 bits per heavy atom. The minimum Gasteiger partial charge on any atom is -0.376 e. The Balaban J connectivity index is 1.78. The molecule has 0 aromatic heterocycles. The van der Waals surface area contributed by atoms with Crippen molar-refractivity contribution in [1.29, 1.82) is 0 Å². The van der Waals surface area contributed by atoms with Crippen LogP contribution in [0.2, 0.25) is 0 Å². The van der Waals surface area contributed by atoms with Gasteiger partial charge in [0.1, 0.15) is 0 Å². The third-order valence-electron chi connectivity index (χ3n) is 4.42. The molecule has 1 aromatic rings. The minimum atomic E-state index is 0.430. The molecule has 0 saturated heterocycles. The fourth-order valence-electron chi connectivity index (χ4n) is 2.65. The van der Waals surface area contributed by atoms with E-state index in [-0.39, 0.29) is 0 Å². The Bertz CT molecular complexity index is 424. The van der Waals surface area contributed by atoms with E-state index in [2.05, 4.69) is 50.3 Å². The van der Waals surface area contributed by atoms with Crippen molar-refractivity contribution in [2.24, 2.45) is 17.6 Å². The minimum absolute atomic E-state index is 0.430. The van der Waals surface area contributed by atoms with E-state index in [1.165, 1.54) is 17.5 Å². The van der Waals surface area contributed by atoms with Gasteiger partial charge >= 0.3 is 0 Å². The molecule has 0 heterocycles. The van der Waals surface area contributed by atoms with Gasteiger partial charge in [0.05, 0.1) is 13.2 Å². The Hall–Kier alpha value is -1.12. The summed E-state index contributed by atoms with van der Waals surface area (Å²) in [6, 6.07) is 8.65. The lowest BCUT2D eigenvalue weighted by atomic mass is 9.85. The van der Waals surface area contributed by atoms with E-state index in [1.807, 2.05) is 0 Å². The Morgan fingerprint density at radius 3 is 2.55 bits per heavy atom. The molecular formula is C18H27NO. The second-order valence-electron chi connectivity index (χ2n) is 6.07. The molecule has 0 spiro atoms. The molecule has 1 aliphatic rings. The molecule has 2 rings (SSSR count). The maximum Gasteiger partial charge on any atom is 0.0717 e. The van der Waals surface area contributed by atoms with Gasteiger partial charge in [-0.3, -0.25) is 0 Å². The van der Waals surface area contributed by atoms with Crippen molar-refractivity contribution in [3.05, 3.63) is 47.5 Å². The topological polar surface area (TPSA) is 35.2 Å². The maximum absolute atomic E-state index is 5.90. The van der Waals surface area contributed by atoms with Gasteiger partial charge in [-0.25, -0.2) is 0 Å². The molecule has 20 heavy (non-hydrogen) atoms. The summed E-state index contributed by atoms with van der Waals surface area (Å²) in [5.74, 6) is 1.85. The largest absolute Gasteiger partial charge is 0.376 e. The highest BCUT2D eigenvalue weighted by atomic mass is 16.5. The molecule has 0 bridgehead atoms. The molecule has 0 saturated carbocycles. The molecule has 0 fully saturated rings. The van der Waals surface area contributed by atoms with E-state index >= 15 is 0 Å². The van der Waals surface area contributed by atoms with Gasteiger partial charge in [-0.2, -0.15) is 0 Å². The lowest BCUT2D eigenvalue weighted by molar-refractivity contribution is 0.0680. The van der Waals surface area contributed by atoms with Crippen LogP contribution in [0, 0.1) is 11.8 Å². The lowest BCUT2D eigenvalue weighted by Crippen LogP contribution is -2.19. The lowest BCUT2D eigenvalue weighted by Gasteiger charge is -2.24. The van der Waals surface area contributed by atoms with Crippen LogP contribution in [0.4, 0.5) is 0 Å². The van der Waals surface area contributed by atoms with Crippen LogP contribution in [0.5, 0.6) is 0 Å². The second-order valence-corrected chi connectivity index (χ2v) is 6.07. The van der Waals surface area contributed by atoms with Gasteiger partial charge in [0.15, 0.2) is 0 Å². The van der Waals surface area contributed by atoms with Crippen molar-refractivity contribution in [3.63, 3.8) is 0 Å². The number of hydrogen-bond donors (Lipinski definition) is 1. The maximum atomic E-state index is 5.90. The molecule has 3 atom stereocenters. The number of rotatable bonds is 6. The molecule has 110 valence electrons. The Kier molecular flexibility index (Phi) is 5.81. The number of allylic oxidation sites excluding steroid dienone is 2. The van der Waals surface area contributed by atoms with Gasteiger partial charge in [0.2, 0.25) is 0 Å². The molecule has 2 N–H and O–H groups in total. The molecule has 2 heteroatoms.